The molecule has 0 aliphatic rings. The van der Waals surface area contributed by atoms with Crippen molar-refractivity contribution in [3.63, 3.8) is 0 Å². The maximum atomic E-state index is 12.0. The van der Waals surface area contributed by atoms with Crippen LogP contribution in [0, 0.1) is 5.92 Å². The minimum absolute atomic E-state index is 0.0851. The number of hydrogen-bond donors (Lipinski definition) is 2. The summed E-state index contributed by atoms with van der Waals surface area (Å²) in [5.74, 6) is -0.234. The van der Waals surface area contributed by atoms with Crippen molar-refractivity contribution in [2.75, 3.05) is 13.1 Å². The zero-order valence-corrected chi connectivity index (χ0v) is 11.1. The third-order valence-electron chi connectivity index (χ3n) is 3.06. The van der Waals surface area contributed by atoms with E-state index in [1.54, 1.807) is 4.90 Å². The van der Waals surface area contributed by atoms with Gasteiger partial charge in [0.15, 0.2) is 0 Å². The molecule has 0 fully saturated rings. The summed E-state index contributed by atoms with van der Waals surface area (Å²) in [6, 6.07) is -0.804. The van der Waals surface area contributed by atoms with Gasteiger partial charge in [-0.2, -0.15) is 0 Å². The van der Waals surface area contributed by atoms with Gasteiger partial charge < -0.3 is 16.4 Å². The first-order chi connectivity index (χ1) is 7.96. The Hall–Kier alpha value is -1.10. The van der Waals surface area contributed by atoms with E-state index in [1.165, 1.54) is 0 Å². The second-order valence-corrected chi connectivity index (χ2v) is 4.34. The minimum atomic E-state index is -0.804. The van der Waals surface area contributed by atoms with Crippen molar-refractivity contribution in [2.24, 2.45) is 17.4 Å². The second kappa shape index (κ2) is 8.06. The van der Waals surface area contributed by atoms with Gasteiger partial charge in [-0.15, -0.1) is 0 Å². The van der Waals surface area contributed by atoms with Crippen molar-refractivity contribution in [3.8, 4) is 0 Å². The van der Waals surface area contributed by atoms with Gasteiger partial charge in [0.05, 0.1) is 12.5 Å². The molecule has 0 saturated carbocycles. The molecule has 0 heterocycles. The van der Waals surface area contributed by atoms with Crippen LogP contribution in [0.1, 0.15) is 40.0 Å². The van der Waals surface area contributed by atoms with Gasteiger partial charge in [-0.1, -0.05) is 26.7 Å². The Kier molecular flexibility index (Phi) is 7.54. The number of likely N-dealkylation sites (N-methyl/N-ethyl adjacent to an activating group) is 1. The Morgan fingerprint density at radius 1 is 1.18 bits per heavy atom. The number of hydrogen-bond acceptors (Lipinski definition) is 3. The van der Waals surface area contributed by atoms with Crippen molar-refractivity contribution in [1.29, 1.82) is 0 Å². The van der Waals surface area contributed by atoms with Crippen LogP contribution in [0.4, 0.5) is 0 Å². The lowest BCUT2D eigenvalue weighted by Gasteiger charge is -2.27. The molecule has 0 radical (unpaired) electrons. The molecule has 4 N–H and O–H groups in total. The van der Waals surface area contributed by atoms with Gasteiger partial charge in [0.2, 0.25) is 11.8 Å². The quantitative estimate of drug-likeness (QED) is 0.649. The molecule has 2 amide bonds. The molecule has 1 unspecified atom stereocenters. The Morgan fingerprint density at radius 2 is 1.71 bits per heavy atom. The number of carbonyl (C=O) groups excluding carboxylic acids is 2. The van der Waals surface area contributed by atoms with Gasteiger partial charge in [-0.3, -0.25) is 9.59 Å². The van der Waals surface area contributed by atoms with E-state index in [0.29, 0.717) is 19.0 Å². The van der Waals surface area contributed by atoms with E-state index >= 15 is 0 Å². The van der Waals surface area contributed by atoms with Gasteiger partial charge in [-0.25, -0.2) is 0 Å². The summed E-state index contributed by atoms with van der Waals surface area (Å²) >= 11 is 0. The normalized spacial score (nSPS) is 12.5. The van der Waals surface area contributed by atoms with Gasteiger partial charge >= 0.3 is 0 Å². The summed E-state index contributed by atoms with van der Waals surface area (Å²) in [6.45, 7) is 7.44. The maximum Gasteiger partial charge on any atom is 0.240 e. The molecule has 0 aromatic rings. The van der Waals surface area contributed by atoms with Gasteiger partial charge in [0, 0.05) is 13.1 Å². The zero-order valence-electron chi connectivity index (χ0n) is 11.1. The smallest absolute Gasteiger partial charge is 0.240 e. The van der Waals surface area contributed by atoms with Crippen LogP contribution in [0.3, 0.4) is 0 Å². The average Bonchev–Trinajstić information content (AvgIpc) is 2.29. The van der Waals surface area contributed by atoms with Crippen molar-refractivity contribution in [2.45, 2.75) is 46.1 Å². The predicted molar refractivity (Wildman–Crippen MR) is 68.1 cm³/mol. The lowest BCUT2D eigenvalue weighted by Crippen LogP contribution is -2.47. The van der Waals surface area contributed by atoms with Crippen molar-refractivity contribution >= 4 is 11.8 Å². The first kappa shape index (κ1) is 15.9. The number of rotatable bonds is 8. The summed E-state index contributed by atoms with van der Waals surface area (Å²) < 4.78 is 0. The van der Waals surface area contributed by atoms with E-state index in [0.717, 1.165) is 12.8 Å². The van der Waals surface area contributed by atoms with Crippen LogP contribution in [0.25, 0.3) is 0 Å². The monoisotopic (exact) mass is 243 g/mol. The lowest BCUT2D eigenvalue weighted by molar-refractivity contribution is -0.135. The Balaban J connectivity index is 4.43. The summed E-state index contributed by atoms with van der Waals surface area (Å²) in [7, 11) is 0. The first-order valence-electron chi connectivity index (χ1n) is 6.28. The average molecular weight is 243 g/mol. The van der Waals surface area contributed by atoms with E-state index in [4.69, 9.17) is 11.5 Å². The van der Waals surface area contributed by atoms with Crippen molar-refractivity contribution < 1.29 is 9.59 Å². The van der Waals surface area contributed by atoms with Gasteiger partial charge in [0.1, 0.15) is 0 Å². The highest BCUT2D eigenvalue weighted by atomic mass is 16.2. The second-order valence-electron chi connectivity index (χ2n) is 4.34. The number of nitrogens with two attached hydrogens (primary N) is 2. The predicted octanol–water partition coefficient (Wildman–Crippen LogP) is 0.474. The summed E-state index contributed by atoms with van der Waals surface area (Å²) in [5.41, 5.74) is 10.7. The molecular weight excluding hydrogens is 218 g/mol. The molecule has 5 nitrogen and oxygen atoms in total. The summed E-state index contributed by atoms with van der Waals surface area (Å²) in [6.07, 6.45) is 1.98. The SMILES string of the molecule is CCC(CC)CN(CC)C(=O)C(N)CC(N)=O. The molecule has 0 spiro atoms. The number of amides is 2. The van der Waals surface area contributed by atoms with Crippen LogP contribution in [-0.2, 0) is 9.59 Å². The molecule has 0 aliphatic heterocycles. The molecule has 0 bridgehead atoms. The molecular formula is C12H25N3O2. The fraction of sp³-hybridized carbons (Fsp3) is 0.833. The molecule has 100 valence electrons. The van der Waals surface area contributed by atoms with E-state index in [2.05, 4.69) is 13.8 Å². The van der Waals surface area contributed by atoms with E-state index in [-0.39, 0.29) is 12.3 Å². The van der Waals surface area contributed by atoms with Gasteiger partial charge in [-0.05, 0) is 12.8 Å². The highest BCUT2D eigenvalue weighted by Gasteiger charge is 2.22. The summed E-state index contributed by atoms with van der Waals surface area (Å²) in [4.78, 5) is 24.4. The molecule has 1 atom stereocenters. The zero-order chi connectivity index (χ0) is 13.4. The van der Waals surface area contributed by atoms with E-state index in [1.807, 2.05) is 6.92 Å². The third kappa shape index (κ3) is 5.68. The van der Waals surface area contributed by atoms with Crippen LogP contribution < -0.4 is 11.5 Å². The standard InChI is InChI=1S/C12H25N3O2/c1-4-9(5-2)8-15(6-3)12(17)10(13)7-11(14)16/h9-10H,4-8,13H2,1-3H3,(H2,14,16). The molecule has 0 rings (SSSR count). The molecule has 17 heavy (non-hydrogen) atoms. The Labute approximate surface area is 104 Å². The fourth-order valence-corrected chi connectivity index (χ4v) is 1.77. The minimum Gasteiger partial charge on any atom is -0.370 e. The van der Waals surface area contributed by atoms with Crippen LogP contribution in [0.2, 0.25) is 0 Å². The number of nitrogens with zero attached hydrogens (tertiary/aromatic N) is 1. The highest BCUT2D eigenvalue weighted by molar-refractivity contribution is 5.87. The van der Waals surface area contributed by atoms with E-state index in [9.17, 15) is 9.59 Å². The maximum absolute atomic E-state index is 12.0. The Bertz CT molecular complexity index is 252. The van der Waals surface area contributed by atoms with Crippen LogP contribution >= 0.6 is 0 Å². The van der Waals surface area contributed by atoms with Crippen LogP contribution in [0.5, 0.6) is 0 Å². The number of carbonyl (C=O) groups is 2. The third-order valence-corrected chi connectivity index (χ3v) is 3.06. The topological polar surface area (TPSA) is 89.4 Å². The largest absolute Gasteiger partial charge is 0.370 e. The molecule has 0 aliphatic carbocycles. The first-order valence-corrected chi connectivity index (χ1v) is 6.28. The molecule has 0 aromatic heterocycles. The molecule has 0 aromatic carbocycles. The van der Waals surface area contributed by atoms with Crippen molar-refractivity contribution in [1.82, 2.24) is 4.90 Å². The van der Waals surface area contributed by atoms with Crippen LogP contribution in [-0.4, -0.2) is 35.8 Å². The van der Waals surface area contributed by atoms with Crippen molar-refractivity contribution in [3.05, 3.63) is 0 Å². The fourth-order valence-electron chi connectivity index (χ4n) is 1.77. The van der Waals surface area contributed by atoms with Crippen LogP contribution in [0.15, 0.2) is 0 Å². The number of primary amides is 1. The van der Waals surface area contributed by atoms with E-state index < -0.39 is 11.9 Å². The molecule has 5 heteroatoms. The Morgan fingerprint density at radius 3 is 2.06 bits per heavy atom. The molecule has 0 saturated heterocycles. The lowest BCUT2D eigenvalue weighted by atomic mass is 10.0. The highest BCUT2D eigenvalue weighted by Crippen LogP contribution is 2.11. The van der Waals surface area contributed by atoms with Gasteiger partial charge in [0.25, 0.3) is 0 Å². The summed E-state index contributed by atoms with van der Waals surface area (Å²) in [5, 5.41) is 0.